The van der Waals surface area contributed by atoms with E-state index in [1.54, 1.807) is 31.2 Å². The zero-order chi connectivity index (χ0) is 18.5. The van der Waals surface area contributed by atoms with Gasteiger partial charge in [-0.1, -0.05) is 23.4 Å². The van der Waals surface area contributed by atoms with Crippen molar-refractivity contribution >= 4 is 5.97 Å². The molecule has 1 heterocycles. The fourth-order valence-electron chi connectivity index (χ4n) is 2.21. The van der Waals surface area contributed by atoms with Gasteiger partial charge < -0.3 is 14.0 Å². The number of rotatable bonds is 6. The minimum Gasteiger partial charge on any atom is -0.479 e. The molecule has 5 nitrogen and oxygen atoms in total. The molecule has 0 aliphatic heterocycles. The van der Waals surface area contributed by atoms with Gasteiger partial charge in [-0.05, 0) is 31.2 Å². The van der Waals surface area contributed by atoms with Gasteiger partial charge in [0.05, 0.1) is 5.56 Å². The Kier molecular flexibility index (Phi) is 5.26. The van der Waals surface area contributed by atoms with Crippen molar-refractivity contribution in [3.05, 3.63) is 71.9 Å². The molecule has 0 aliphatic carbocycles. The van der Waals surface area contributed by atoms with Crippen molar-refractivity contribution in [1.82, 2.24) is 5.16 Å². The van der Waals surface area contributed by atoms with E-state index in [0.29, 0.717) is 11.4 Å². The molecular formula is C19H15F2NO4. The van der Waals surface area contributed by atoms with Crippen LogP contribution in [0.2, 0.25) is 0 Å². The monoisotopic (exact) mass is 359 g/mol. The third-order valence-corrected chi connectivity index (χ3v) is 3.51. The Labute approximate surface area is 148 Å². The van der Waals surface area contributed by atoms with Crippen LogP contribution in [0.25, 0.3) is 11.3 Å². The van der Waals surface area contributed by atoms with Gasteiger partial charge in [0, 0.05) is 12.1 Å². The molecule has 134 valence electrons. The predicted octanol–water partition coefficient (Wildman–Crippen LogP) is 4.13. The molecule has 0 amide bonds. The van der Waals surface area contributed by atoms with Gasteiger partial charge in [0.2, 0.25) is 0 Å². The van der Waals surface area contributed by atoms with Crippen LogP contribution in [0.5, 0.6) is 5.75 Å². The molecule has 2 aromatic carbocycles. The van der Waals surface area contributed by atoms with E-state index in [9.17, 15) is 13.6 Å². The highest BCUT2D eigenvalue weighted by Gasteiger charge is 2.18. The van der Waals surface area contributed by atoms with Crippen molar-refractivity contribution in [3.8, 4) is 17.1 Å². The first kappa shape index (κ1) is 17.6. The first-order chi connectivity index (χ1) is 12.5. The Morgan fingerprint density at radius 2 is 1.92 bits per heavy atom. The standard InChI is InChI=1S/C19H15F2NO4/c1-12(25-15-5-3-2-4-6-15)19(23)24-11-14-10-18(26-22-14)16-8-7-13(20)9-17(16)21/h2-10,12H,11H2,1H3/t12-/m1/s1. The molecule has 3 rings (SSSR count). The lowest BCUT2D eigenvalue weighted by Crippen LogP contribution is -2.26. The molecule has 3 aromatic rings. The van der Waals surface area contributed by atoms with E-state index in [-0.39, 0.29) is 17.9 Å². The Morgan fingerprint density at radius 3 is 2.65 bits per heavy atom. The lowest BCUT2D eigenvalue weighted by molar-refractivity contribution is -0.152. The lowest BCUT2D eigenvalue weighted by atomic mass is 10.1. The minimum absolute atomic E-state index is 0.0669. The molecule has 26 heavy (non-hydrogen) atoms. The lowest BCUT2D eigenvalue weighted by Gasteiger charge is -2.13. The third kappa shape index (κ3) is 4.24. The van der Waals surface area contributed by atoms with Crippen LogP contribution in [0.1, 0.15) is 12.6 Å². The van der Waals surface area contributed by atoms with Crippen LogP contribution < -0.4 is 4.74 Å². The summed E-state index contributed by atoms with van der Waals surface area (Å²) < 4.78 is 42.3. The Morgan fingerprint density at radius 1 is 1.15 bits per heavy atom. The highest BCUT2D eigenvalue weighted by molar-refractivity contribution is 5.74. The predicted molar refractivity (Wildman–Crippen MR) is 88.2 cm³/mol. The van der Waals surface area contributed by atoms with Crippen molar-refractivity contribution < 1.29 is 27.6 Å². The van der Waals surface area contributed by atoms with E-state index in [4.69, 9.17) is 14.0 Å². The van der Waals surface area contributed by atoms with Crippen molar-refractivity contribution in [2.45, 2.75) is 19.6 Å². The van der Waals surface area contributed by atoms with Gasteiger partial charge in [0.25, 0.3) is 0 Å². The number of carbonyl (C=O) groups excluding carboxylic acids is 1. The van der Waals surface area contributed by atoms with Gasteiger partial charge in [-0.15, -0.1) is 0 Å². The average Bonchev–Trinajstić information content (AvgIpc) is 3.09. The quantitative estimate of drug-likeness (QED) is 0.619. The Hall–Kier alpha value is -3.22. The maximum atomic E-state index is 13.7. The normalized spacial score (nSPS) is 11.8. The maximum absolute atomic E-state index is 13.7. The van der Waals surface area contributed by atoms with Crippen LogP contribution in [0, 0.1) is 11.6 Å². The summed E-state index contributed by atoms with van der Waals surface area (Å²) in [5.41, 5.74) is 0.362. The van der Waals surface area contributed by atoms with Gasteiger partial charge in [0.15, 0.2) is 11.9 Å². The summed E-state index contributed by atoms with van der Waals surface area (Å²) in [4.78, 5) is 12.0. The van der Waals surface area contributed by atoms with Crippen molar-refractivity contribution in [2.75, 3.05) is 0 Å². The summed E-state index contributed by atoms with van der Waals surface area (Å²) in [6.45, 7) is 1.41. The SMILES string of the molecule is C[C@@H](Oc1ccccc1)C(=O)OCc1cc(-c2ccc(F)cc2F)on1. The van der Waals surface area contributed by atoms with Crippen LogP contribution in [0.4, 0.5) is 8.78 Å². The topological polar surface area (TPSA) is 61.6 Å². The average molecular weight is 359 g/mol. The van der Waals surface area contributed by atoms with Gasteiger partial charge >= 0.3 is 5.97 Å². The van der Waals surface area contributed by atoms with E-state index in [2.05, 4.69) is 5.16 Å². The zero-order valence-electron chi connectivity index (χ0n) is 13.8. The van der Waals surface area contributed by atoms with Crippen LogP contribution >= 0.6 is 0 Å². The molecule has 0 saturated carbocycles. The summed E-state index contributed by atoms with van der Waals surface area (Å²) >= 11 is 0. The van der Waals surface area contributed by atoms with Crippen molar-refractivity contribution in [3.63, 3.8) is 0 Å². The molecule has 0 radical (unpaired) electrons. The zero-order valence-corrected chi connectivity index (χ0v) is 13.8. The summed E-state index contributed by atoms with van der Waals surface area (Å²) in [5, 5.41) is 3.72. The van der Waals surface area contributed by atoms with E-state index >= 15 is 0 Å². The Bertz CT molecular complexity index is 896. The first-order valence-corrected chi connectivity index (χ1v) is 7.82. The molecule has 0 saturated heterocycles. The second-order valence-corrected chi connectivity index (χ2v) is 5.49. The number of aromatic nitrogens is 1. The summed E-state index contributed by atoms with van der Waals surface area (Å²) in [5.74, 6) is -1.37. The maximum Gasteiger partial charge on any atom is 0.347 e. The molecule has 0 spiro atoms. The number of halogens is 2. The number of benzene rings is 2. The number of hydrogen-bond donors (Lipinski definition) is 0. The molecule has 0 unspecified atom stereocenters. The van der Waals surface area contributed by atoms with Gasteiger partial charge in [0.1, 0.15) is 29.7 Å². The van der Waals surface area contributed by atoms with E-state index in [0.717, 1.165) is 12.1 Å². The van der Waals surface area contributed by atoms with Gasteiger partial charge in [-0.2, -0.15) is 0 Å². The van der Waals surface area contributed by atoms with E-state index < -0.39 is 23.7 Å². The summed E-state index contributed by atoms with van der Waals surface area (Å²) in [6, 6.07) is 13.4. The number of nitrogens with zero attached hydrogens (tertiary/aromatic N) is 1. The largest absolute Gasteiger partial charge is 0.479 e. The molecule has 0 fully saturated rings. The minimum atomic E-state index is -0.807. The van der Waals surface area contributed by atoms with Crippen LogP contribution in [-0.2, 0) is 16.1 Å². The van der Waals surface area contributed by atoms with Crippen LogP contribution in [-0.4, -0.2) is 17.2 Å². The summed E-state index contributed by atoms with van der Waals surface area (Å²) in [7, 11) is 0. The number of ether oxygens (including phenoxy) is 2. The van der Waals surface area contributed by atoms with Crippen LogP contribution in [0.3, 0.4) is 0 Å². The van der Waals surface area contributed by atoms with Crippen LogP contribution in [0.15, 0.2) is 59.1 Å². The molecular weight excluding hydrogens is 344 g/mol. The second kappa shape index (κ2) is 7.77. The fourth-order valence-corrected chi connectivity index (χ4v) is 2.21. The molecule has 0 N–H and O–H groups in total. The second-order valence-electron chi connectivity index (χ2n) is 5.49. The number of carbonyl (C=O) groups is 1. The third-order valence-electron chi connectivity index (χ3n) is 3.51. The van der Waals surface area contributed by atoms with E-state index in [1.165, 1.54) is 12.1 Å². The number of esters is 1. The highest BCUT2D eigenvalue weighted by Crippen LogP contribution is 2.24. The summed E-state index contributed by atoms with van der Waals surface area (Å²) in [6.07, 6.45) is -0.807. The molecule has 0 aliphatic rings. The fraction of sp³-hybridized carbons (Fsp3) is 0.158. The number of hydrogen-bond acceptors (Lipinski definition) is 5. The first-order valence-electron chi connectivity index (χ1n) is 7.82. The molecule has 7 heteroatoms. The highest BCUT2D eigenvalue weighted by atomic mass is 19.1. The molecule has 1 atom stereocenters. The molecule has 1 aromatic heterocycles. The molecule has 0 bridgehead atoms. The van der Waals surface area contributed by atoms with Crippen molar-refractivity contribution in [2.24, 2.45) is 0 Å². The van der Waals surface area contributed by atoms with Crippen molar-refractivity contribution in [1.29, 1.82) is 0 Å². The van der Waals surface area contributed by atoms with E-state index in [1.807, 2.05) is 6.07 Å². The van der Waals surface area contributed by atoms with Gasteiger partial charge in [-0.25, -0.2) is 13.6 Å². The Balaban J connectivity index is 1.58. The van der Waals surface area contributed by atoms with Gasteiger partial charge in [-0.3, -0.25) is 0 Å². The smallest absolute Gasteiger partial charge is 0.347 e. The number of para-hydroxylation sites is 1.